The molecule has 0 bridgehead atoms. The van der Waals surface area contributed by atoms with Crippen molar-refractivity contribution in [3.8, 4) is 0 Å². The van der Waals surface area contributed by atoms with Crippen LogP contribution in [0.25, 0.3) is 0 Å². The van der Waals surface area contributed by atoms with Crippen molar-refractivity contribution >= 4 is 15.9 Å². The second kappa shape index (κ2) is 7.23. The summed E-state index contributed by atoms with van der Waals surface area (Å²) in [5.41, 5.74) is 4.91. The van der Waals surface area contributed by atoms with E-state index < -0.39 is 0 Å². The first-order chi connectivity index (χ1) is 10.0. The Kier molecular flexibility index (Phi) is 5.59. The Hall–Kier alpha value is -1.13. The van der Waals surface area contributed by atoms with Crippen molar-refractivity contribution in [1.82, 2.24) is 15.1 Å². The van der Waals surface area contributed by atoms with E-state index in [1.807, 2.05) is 18.7 Å². The number of rotatable bonds is 6. The molecule has 1 heterocycles. The van der Waals surface area contributed by atoms with E-state index in [-0.39, 0.29) is 0 Å². The molecule has 1 aromatic carbocycles. The average Bonchev–Trinajstić information content (AvgIpc) is 2.70. The van der Waals surface area contributed by atoms with Crippen LogP contribution in [0.1, 0.15) is 41.9 Å². The van der Waals surface area contributed by atoms with E-state index in [0.29, 0.717) is 6.04 Å². The first kappa shape index (κ1) is 16.2. The number of aryl methyl sites for hydroxylation is 3. The maximum atomic E-state index is 4.49. The number of halogens is 1. The molecular weight excluding hydrogens is 326 g/mol. The fraction of sp³-hybridized carbons (Fsp3) is 0.471. The van der Waals surface area contributed by atoms with Crippen LogP contribution in [0.2, 0.25) is 0 Å². The Labute approximate surface area is 135 Å². The summed E-state index contributed by atoms with van der Waals surface area (Å²) >= 11 is 3.67. The van der Waals surface area contributed by atoms with Gasteiger partial charge in [-0.05, 0) is 48.3 Å². The molecule has 0 saturated heterocycles. The normalized spacial score (nSPS) is 12.6. The van der Waals surface area contributed by atoms with Crippen LogP contribution in [0.3, 0.4) is 0 Å². The summed E-state index contributed by atoms with van der Waals surface area (Å²) < 4.78 is 3.11. The van der Waals surface area contributed by atoms with Crippen LogP contribution in [0.15, 0.2) is 28.7 Å². The predicted octanol–water partition coefficient (Wildman–Crippen LogP) is 4.08. The minimum atomic E-state index is 0.316. The summed E-state index contributed by atoms with van der Waals surface area (Å²) in [6.07, 6.45) is 2.06. The van der Waals surface area contributed by atoms with Gasteiger partial charge in [-0.25, -0.2) is 0 Å². The molecule has 0 spiro atoms. The lowest BCUT2D eigenvalue weighted by Gasteiger charge is -2.19. The van der Waals surface area contributed by atoms with E-state index >= 15 is 0 Å². The van der Waals surface area contributed by atoms with Gasteiger partial charge in [-0.2, -0.15) is 5.10 Å². The summed E-state index contributed by atoms with van der Waals surface area (Å²) in [6, 6.07) is 9.12. The van der Waals surface area contributed by atoms with Crippen molar-refractivity contribution in [3.63, 3.8) is 0 Å². The van der Waals surface area contributed by atoms with E-state index in [2.05, 4.69) is 64.5 Å². The highest BCUT2D eigenvalue weighted by molar-refractivity contribution is 9.10. The molecule has 0 aliphatic rings. The van der Waals surface area contributed by atoms with Gasteiger partial charge in [0.05, 0.1) is 15.9 Å². The smallest absolute Gasteiger partial charge is 0.0738 e. The van der Waals surface area contributed by atoms with E-state index in [0.717, 1.165) is 29.6 Å². The number of hydrogen-bond donors (Lipinski definition) is 1. The molecule has 0 fully saturated rings. The first-order valence-corrected chi connectivity index (χ1v) is 8.30. The summed E-state index contributed by atoms with van der Waals surface area (Å²) in [5.74, 6) is 0. The molecule has 3 nitrogen and oxygen atoms in total. The van der Waals surface area contributed by atoms with Gasteiger partial charge < -0.3 is 5.32 Å². The van der Waals surface area contributed by atoms with Crippen LogP contribution in [0.4, 0.5) is 0 Å². The Morgan fingerprint density at radius 3 is 2.43 bits per heavy atom. The molecule has 114 valence electrons. The maximum absolute atomic E-state index is 4.49. The van der Waals surface area contributed by atoms with Gasteiger partial charge in [0.1, 0.15) is 0 Å². The number of benzene rings is 1. The summed E-state index contributed by atoms with van der Waals surface area (Å²) in [6.45, 7) is 7.38. The Morgan fingerprint density at radius 2 is 1.90 bits per heavy atom. The minimum Gasteiger partial charge on any atom is -0.310 e. The highest BCUT2D eigenvalue weighted by atomic mass is 79.9. The topological polar surface area (TPSA) is 29.9 Å². The number of aromatic nitrogens is 2. The zero-order valence-corrected chi connectivity index (χ0v) is 14.9. The maximum Gasteiger partial charge on any atom is 0.0738 e. The first-order valence-electron chi connectivity index (χ1n) is 7.50. The van der Waals surface area contributed by atoms with E-state index in [1.54, 1.807) is 0 Å². The zero-order valence-electron chi connectivity index (χ0n) is 13.3. The highest BCUT2D eigenvalue weighted by Gasteiger charge is 2.17. The predicted molar refractivity (Wildman–Crippen MR) is 91.6 cm³/mol. The number of nitrogens with zero attached hydrogens (tertiary/aromatic N) is 2. The summed E-state index contributed by atoms with van der Waals surface area (Å²) in [5, 5.41) is 8.15. The molecule has 21 heavy (non-hydrogen) atoms. The Bertz CT molecular complexity index is 587. The van der Waals surface area contributed by atoms with Crippen molar-refractivity contribution in [2.24, 2.45) is 7.05 Å². The molecule has 1 unspecified atom stereocenters. The van der Waals surface area contributed by atoms with E-state index in [1.165, 1.54) is 16.8 Å². The largest absolute Gasteiger partial charge is 0.310 e. The Balaban J connectivity index is 2.25. The fourth-order valence-electron chi connectivity index (χ4n) is 2.52. The molecule has 0 amide bonds. The molecule has 1 aromatic heterocycles. The van der Waals surface area contributed by atoms with Crippen LogP contribution >= 0.6 is 15.9 Å². The van der Waals surface area contributed by atoms with Gasteiger partial charge >= 0.3 is 0 Å². The number of hydrogen-bond acceptors (Lipinski definition) is 2. The lowest BCUT2D eigenvalue weighted by Crippen LogP contribution is -2.25. The molecule has 1 N–H and O–H groups in total. The zero-order chi connectivity index (χ0) is 15.4. The second-order valence-corrected chi connectivity index (χ2v) is 6.38. The summed E-state index contributed by atoms with van der Waals surface area (Å²) in [7, 11) is 2.01. The molecule has 0 aliphatic heterocycles. The minimum absolute atomic E-state index is 0.316. The van der Waals surface area contributed by atoms with Crippen LogP contribution < -0.4 is 5.32 Å². The van der Waals surface area contributed by atoms with Crippen molar-refractivity contribution in [2.45, 2.75) is 39.7 Å². The van der Waals surface area contributed by atoms with Crippen LogP contribution in [-0.4, -0.2) is 16.3 Å². The number of nitrogens with one attached hydrogen (secondary N) is 1. The molecule has 0 aliphatic carbocycles. The Morgan fingerprint density at radius 1 is 1.24 bits per heavy atom. The van der Waals surface area contributed by atoms with Gasteiger partial charge in [0.25, 0.3) is 0 Å². The monoisotopic (exact) mass is 349 g/mol. The van der Waals surface area contributed by atoms with Crippen molar-refractivity contribution in [2.75, 3.05) is 6.54 Å². The lowest BCUT2D eigenvalue weighted by molar-refractivity contribution is 0.511. The molecule has 4 heteroatoms. The van der Waals surface area contributed by atoms with Gasteiger partial charge in [-0.3, -0.25) is 4.68 Å². The quantitative estimate of drug-likeness (QED) is 0.851. The van der Waals surface area contributed by atoms with Gasteiger partial charge in [-0.1, -0.05) is 36.8 Å². The van der Waals surface area contributed by atoms with E-state index in [4.69, 9.17) is 0 Å². The van der Waals surface area contributed by atoms with E-state index in [9.17, 15) is 0 Å². The van der Waals surface area contributed by atoms with Crippen molar-refractivity contribution in [3.05, 3.63) is 51.3 Å². The van der Waals surface area contributed by atoms with Crippen molar-refractivity contribution in [1.29, 1.82) is 0 Å². The molecule has 1 atom stereocenters. The third-order valence-electron chi connectivity index (χ3n) is 3.78. The lowest BCUT2D eigenvalue weighted by atomic mass is 10.0. The third kappa shape index (κ3) is 3.95. The molecule has 0 saturated carbocycles. The SMILES string of the molecule is CCCNC(Cc1c(Br)c(C)nn1C)c1ccc(C)cc1. The average molecular weight is 350 g/mol. The van der Waals surface area contributed by atoms with Crippen LogP contribution in [0, 0.1) is 13.8 Å². The van der Waals surface area contributed by atoms with Gasteiger partial charge in [0.15, 0.2) is 0 Å². The second-order valence-electron chi connectivity index (χ2n) is 5.59. The highest BCUT2D eigenvalue weighted by Crippen LogP contribution is 2.26. The standard InChI is InChI=1S/C17H24BrN3/c1-5-10-19-15(14-8-6-12(2)7-9-14)11-16-17(18)13(3)20-21(16)4/h6-9,15,19H,5,10-11H2,1-4H3. The molecule has 0 radical (unpaired) electrons. The van der Waals surface area contributed by atoms with Gasteiger partial charge in [0.2, 0.25) is 0 Å². The molecular formula is C17H24BrN3. The summed E-state index contributed by atoms with van der Waals surface area (Å²) in [4.78, 5) is 0. The van der Waals surface area contributed by atoms with Gasteiger partial charge in [0, 0.05) is 19.5 Å². The van der Waals surface area contributed by atoms with Crippen LogP contribution in [-0.2, 0) is 13.5 Å². The van der Waals surface area contributed by atoms with Gasteiger partial charge in [-0.15, -0.1) is 0 Å². The van der Waals surface area contributed by atoms with Crippen LogP contribution in [0.5, 0.6) is 0 Å². The molecule has 2 rings (SSSR count). The van der Waals surface area contributed by atoms with Crippen molar-refractivity contribution < 1.29 is 0 Å². The third-order valence-corrected chi connectivity index (χ3v) is 4.81. The molecule has 2 aromatic rings. The fourth-order valence-corrected chi connectivity index (χ4v) is 3.02.